The Morgan fingerprint density at radius 2 is 1.89 bits per heavy atom. The number of benzene rings is 2. The summed E-state index contributed by atoms with van der Waals surface area (Å²) >= 11 is 2.63. The average molecular weight is 514 g/mol. The van der Waals surface area contributed by atoms with Crippen LogP contribution in [-0.4, -0.2) is 52.6 Å². The zero-order valence-electron chi connectivity index (χ0n) is 19.8. The number of nitrogens with one attached hydrogen (secondary N) is 2. The molecule has 2 heterocycles. The largest absolute Gasteiger partial charge is 0.497 e. The molecule has 0 aliphatic carbocycles. The normalized spacial score (nSPS) is 12.1. The fourth-order valence-corrected chi connectivity index (χ4v) is 4.75. The Morgan fingerprint density at radius 3 is 2.54 bits per heavy atom. The Kier molecular flexibility index (Phi) is 7.79. The van der Waals surface area contributed by atoms with Gasteiger partial charge in [0, 0.05) is 16.6 Å². The van der Waals surface area contributed by atoms with Crippen molar-refractivity contribution < 1.29 is 18.8 Å². The van der Waals surface area contributed by atoms with Crippen LogP contribution < -0.4 is 15.0 Å². The van der Waals surface area contributed by atoms with Crippen molar-refractivity contribution in [2.45, 2.75) is 18.1 Å². The third kappa shape index (κ3) is 5.87. The van der Waals surface area contributed by atoms with Crippen LogP contribution in [0.4, 0.5) is 9.52 Å². The molecule has 2 aromatic carbocycles. The number of rotatable bonds is 9. The lowest BCUT2D eigenvalue weighted by Gasteiger charge is -2.18. The zero-order chi connectivity index (χ0) is 24.9. The molecular weight excluding hydrogens is 487 g/mol. The minimum absolute atomic E-state index is 0.0439. The van der Waals surface area contributed by atoms with Gasteiger partial charge in [-0.1, -0.05) is 11.8 Å². The Bertz CT molecular complexity index is 1290. The van der Waals surface area contributed by atoms with Gasteiger partial charge in [0.15, 0.2) is 16.1 Å². The van der Waals surface area contributed by atoms with E-state index < -0.39 is 0 Å². The lowest BCUT2D eigenvalue weighted by molar-refractivity contribution is -0.890. The summed E-state index contributed by atoms with van der Waals surface area (Å²) < 4.78 is 20.6. The van der Waals surface area contributed by atoms with Crippen molar-refractivity contribution in [3.63, 3.8) is 0 Å². The third-order valence-electron chi connectivity index (χ3n) is 5.47. The van der Waals surface area contributed by atoms with E-state index in [4.69, 9.17) is 4.74 Å². The number of thioether (sulfide) groups is 1. The maximum atomic E-state index is 13.5. The highest BCUT2D eigenvalue weighted by Gasteiger charge is 2.24. The highest BCUT2D eigenvalue weighted by molar-refractivity contribution is 7.99. The van der Waals surface area contributed by atoms with Gasteiger partial charge in [0.2, 0.25) is 5.91 Å². The quantitative estimate of drug-likeness (QED) is 0.334. The third-order valence-corrected chi connectivity index (χ3v) is 7.15. The van der Waals surface area contributed by atoms with Gasteiger partial charge in [0.1, 0.15) is 17.6 Å². The predicted octanol–water partition coefficient (Wildman–Crippen LogP) is 3.47. The van der Waals surface area contributed by atoms with Crippen LogP contribution in [0, 0.1) is 5.82 Å². The van der Waals surface area contributed by atoms with Gasteiger partial charge in [-0.3, -0.25) is 9.36 Å². The van der Waals surface area contributed by atoms with Crippen LogP contribution in [0.3, 0.4) is 0 Å². The Balaban J connectivity index is 1.46. The number of hydrogen-bond acceptors (Lipinski definition) is 7. The molecule has 2 aromatic heterocycles. The van der Waals surface area contributed by atoms with Gasteiger partial charge in [-0.05, 0) is 55.5 Å². The van der Waals surface area contributed by atoms with Gasteiger partial charge >= 0.3 is 0 Å². The summed E-state index contributed by atoms with van der Waals surface area (Å²) in [4.78, 5) is 18.4. The van der Waals surface area contributed by atoms with Crippen LogP contribution in [0.5, 0.6) is 5.75 Å². The molecule has 0 unspecified atom stereocenters. The summed E-state index contributed by atoms with van der Waals surface area (Å²) in [5.41, 5.74) is 2.46. The van der Waals surface area contributed by atoms with E-state index in [1.807, 2.05) is 55.2 Å². The molecule has 1 atom stereocenters. The van der Waals surface area contributed by atoms with Gasteiger partial charge in [0.25, 0.3) is 0 Å². The molecule has 4 aromatic rings. The minimum Gasteiger partial charge on any atom is -0.497 e. The van der Waals surface area contributed by atoms with E-state index in [0.717, 1.165) is 28.5 Å². The number of quaternary nitrogens is 1. The van der Waals surface area contributed by atoms with Gasteiger partial charge in [0.05, 0.1) is 32.7 Å². The number of halogens is 1. The second kappa shape index (κ2) is 11.0. The van der Waals surface area contributed by atoms with E-state index in [9.17, 15) is 9.18 Å². The van der Waals surface area contributed by atoms with Gasteiger partial charge in [-0.15, -0.1) is 21.5 Å². The van der Waals surface area contributed by atoms with Crippen molar-refractivity contribution >= 4 is 34.1 Å². The summed E-state index contributed by atoms with van der Waals surface area (Å²) in [6.45, 7) is 2.05. The van der Waals surface area contributed by atoms with Gasteiger partial charge in [-0.2, -0.15) is 0 Å². The first-order valence-electron chi connectivity index (χ1n) is 10.9. The van der Waals surface area contributed by atoms with Crippen molar-refractivity contribution in [2.24, 2.45) is 0 Å². The van der Waals surface area contributed by atoms with Crippen LogP contribution in [0.2, 0.25) is 0 Å². The molecule has 0 radical (unpaired) electrons. The van der Waals surface area contributed by atoms with Crippen molar-refractivity contribution in [2.75, 3.05) is 32.3 Å². The first-order valence-corrected chi connectivity index (χ1v) is 12.8. The number of carbonyl (C=O) groups is 1. The molecule has 0 spiro atoms. The van der Waals surface area contributed by atoms with Gasteiger partial charge in [-0.25, -0.2) is 9.37 Å². The van der Waals surface area contributed by atoms with E-state index in [2.05, 4.69) is 20.5 Å². The monoisotopic (exact) mass is 513 g/mol. The number of ether oxygens (including phenoxy) is 1. The molecule has 8 nitrogen and oxygen atoms in total. The zero-order valence-corrected chi connectivity index (χ0v) is 21.4. The fraction of sp³-hybridized carbons (Fsp3) is 0.250. The molecular formula is C24H26FN6O2S2+. The Hall–Kier alpha value is -3.28. The molecule has 11 heteroatoms. The van der Waals surface area contributed by atoms with E-state index >= 15 is 0 Å². The predicted molar refractivity (Wildman–Crippen MR) is 136 cm³/mol. The Morgan fingerprint density at radius 1 is 1.17 bits per heavy atom. The number of thiazole rings is 1. The van der Waals surface area contributed by atoms with Crippen LogP contribution in [0.1, 0.15) is 18.8 Å². The summed E-state index contributed by atoms with van der Waals surface area (Å²) in [5.74, 6) is 1.11. The first kappa shape index (κ1) is 24.8. The lowest BCUT2D eigenvalue weighted by atomic mass is 10.2. The molecule has 0 aliphatic rings. The van der Waals surface area contributed by atoms with Gasteiger partial charge < -0.3 is 15.0 Å². The minimum atomic E-state index is -0.319. The molecule has 0 bridgehead atoms. The number of anilines is 1. The second-order valence-corrected chi connectivity index (χ2v) is 9.86. The fourth-order valence-electron chi connectivity index (χ4n) is 3.26. The summed E-state index contributed by atoms with van der Waals surface area (Å²) in [5, 5.41) is 14.5. The maximum Gasteiger partial charge on any atom is 0.236 e. The SMILES string of the molecule is COc1ccc(-c2csc(NC(=O)CSc3nnc([C@H](C)[NH+](C)C)n3-c3ccc(F)cc3)n2)cc1. The molecule has 35 heavy (non-hydrogen) atoms. The number of methoxy groups -OCH3 is 1. The number of nitrogens with zero attached hydrogens (tertiary/aromatic N) is 4. The van der Waals surface area contributed by atoms with Crippen molar-refractivity contribution in [3.8, 4) is 22.7 Å². The van der Waals surface area contributed by atoms with Crippen LogP contribution >= 0.6 is 23.1 Å². The number of aromatic nitrogens is 4. The lowest BCUT2D eigenvalue weighted by Crippen LogP contribution is -3.05. The van der Waals surface area contributed by atoms with Crippen molar-refractivity contribution in [3.05, 3.63) is 65.6 Å². The second-order valence-electron chi connectivity index (χ2n) is 8.05. The summed E-state index contributed by atoms with van der Waals surface area (Å²) in [6.07, 6.45) is 0. The molecule has 0 fully saturated rings. The highest BCUT2D eigenvalue weighted by Crippen LogP contribution is 2.28. The highest BCUT2D eigenvalue weighted by atomic mass is 32.2. The van der Waals surface area contributed by atoms with Crippen LogP contribution in [0.15, 0.2) is 59.1 Å². The topological polar surface area (TPSA) is 86.4 Å². The van der Waals surface area contributed by atoms with E-state index in [-0.39, 0.29) is 23.5 Å². The van der Waals surface area contributed by atoms with Crippen LogP contribution in [-0.2, 0) is 4.79 Å². The van der Waals surface area contributed by atoms with E-state index in [0.29, 0.717) is 10.3 Å². The maximum absolute atomic E-state index is 13.5. The molecule has 1 amide bonds. The average Bonchev–Trinajstić information content (AvgIpc) is 3.50. The molecule has 4 rings (SSSR count). The molecule has 0 saturated carbocycles. The molecule has 0 saturated heterocycles. The van der Waals surface area contributed by atoms with E-state index in [1.165, 1.54) is 40.1 Å². The van der Waals surface area contributed by atoms with Crippen molar-refractivity contribution in [1.29, 1.82) is 0 Å². The summed E-state index contributed by atoms with van der Waals surface area (Å²) in [7, 11) is 5.68. The molecule has 182 valence electrons. The Labute approximate surface area is 211 Å². The van der Waals surface area contributed by atoms with E-state index in [1.54, 1.807) is 19.2 Å². The van der Waals surface area contributed by atoms with Crippen molar-refractivity contribution in [1.82, 2.24) is 19.7 Å². The number of hydrogen-bond donors (Lipinski definition) is 2. The smallest absolute Gasteiger partial charge is 0.236 e. The standard InChI is InChI=1S/C24H25FN6O2S2/c1-15(30(2)3)22-28-29-24(31(22)18-9-7-17(25)8-10-18)35-14-21(32)27-23-26-20(13-34-23)16-5-11-19(33-4)12-6-16/h5-13,15H,14H2,1-4H3,(H,26,27,32)/p+1/t15-/m0/s1. The van der Waals surface area contributed by atoms with Crippen LogP contribution in [0.25, 0.3) is 16.9 Å². The first-order chi connectivity index (χ1) is 16.9. The summed E-state index contributed by atoms with van der Waals surface area (Å²) in [6, 6.07) is 13.8. The molecule has 0 aliphatic heterocycles. The molecule has 2 N–H and O–H groups in total. The number of carbonyl (C=O) groups excluding carboxylic acids is 1. The number of amides is 1.